The fourth-order valence-corrected chi connectivity index (χ4v) is 3.29. The summed E-state index contributed by atoms with van der Waals surface area (Å²) >= 11 is 0. The molecule has 0 aromatic carbocycles. The molecule has 2 atom stereocenters. The Morgan fingerprint density at radius 1 is 1.19 bits per heavy atom. The van der Waals surface area contributed by atoms with Crippen LogP contribution in [-0.2, 0) is 0 Å². The summed E-state index contributed by atoms with van der Waals surface area (Å²) in [6, 6.07) is 0. The fourth-order valence-electron chi connectivity index (χ4n) is 3.29. The van der Waals surface area contributed by atoms with Gasteiger partial charge in [0.25, 0.3) is 0 Å². The van der Waals surface area contributed by atoms with Crippen LogP contribution < -0.4 is 5.73 Å². The highest BCUT2D eigenvalue weighted by atomic mass is 16.3. The molecule has 0 saturated heterocycles. The van der Waals surface area contributed by atoms with Crippen LogP contribution in [-0.4, -0.2) is 17.3 Å². The topological polar surface area (TPSA) is 46.2 Å². The maximum atomic E-state index is 11.1. The smallest absolute Gasteiger partial charge is 0.0743 e. The summed E-state index contributed by atoms with van der Waals surface area (Å²) in [5, 5.41) is 11.1. The van der Waals surface area contributed by atoms with E-state index in [1.165, 1.54) is 6.42 Å². The SMILES string of the molecule is CC(C)(C)C1CCCCC1(O)C(C)(C)CN. The molecule has 0 heterocycles. The Morgan fingerprint density at radius 3 is 2.19 bits per heavy atom. The van der Waals surface area contributed by atoms with Gasteiger partial charge in [0.1, 0.15) is 0 Å². The Balaban J connectivity index is 3.06. The molecule has 0 radical (unpaired) electrons. The molecule has 1 fully saturated rings. The molecule has 0 bridgehead atoms. The summed E-state index contributed by atoms with van der Waals surface area (Å²) in [7, 11) is 0. The third-order valence-corrected chi connectivity index (χ3v) is 4.60. The van der Waals surface area contributed by atoms with Crippen LogP contribution in [0.5, 0.6) is 0 Å². The Hall–Kier alpha value is -0.0800. The molecule has 1 aliphatic rings. The van der Waals surface area contributed by atoms with Gasteiger partial charge in [-0.1, -0.05) is 47.5 Å². The summed E-state index contributed by atoms with van der Waals surface area (Å²) in [6.07, 6.45) is 4.40. The first-order valence-electron chi connectivity index (χ1n) is 6.57. The van der Waals surface area contributed by atoms with E-state index in [2.05, 4.69) is 34.6 Å². The van der Waals surface area contributed by atoms with Crippen molar-refractivity contribution in [1.29, 1.82) is 0 Å². The van der Waals surface area contributed by atoms with Gasteiger partial charge in [0.2, 0.25) is 0 Å². The van der Waals surface area contributed by atoms with Crippen molar-refractivity contribution < 1.29 is 5.11 Å². The van der Waals surface area contributed by atoms with E-state index in [1.807, 2.05) is 0 Å². The second kappa shape index (κ2) is 4.30. The van der Waals surface area contributed by atoms with Gasteiger partial charge in [0.15, 0.2) is 0 Å². The van der Waals surface area contributed by atoms with Crippen LogP contribution >= 0.6 is 0 Å². The summed E-state index contributed by atoms with van der Waals surface area (Å²) in [6.45, 7) is 11.5. The Morgan fingerprint density at radius 2 is 1.75 bits per heavy atom. The van der Waals surface area contributed by atoms with Gasteiger partial charge in [0.05, 0.1) is 5.60 Å². The van der Waals surface area contributed by atoms with Crippen molar-refractivity contribution in [3.8, 4) is 0 Å². The molecule has 1 saturated carbocycles. The molecule has 0 aliphatic heterocycles. The van der Waals surface area contributed by atoms with Crippen LogP contribution in [0.4, 0.5) is 0 Å². The molecule has 1 aliphatic carbocycles. The van der Waals surface area contributed by atoms with Gasteiger partial charge in [-0.3, -0.25) is 0 Å². The molecule has 0 amide bonds. The number of hydrogen-bond acceptors (Lipinski definition) is 2. The van der Waals surface area contributed by atoms with E-state index in [4.69, 9.17) is 5.73 Å². The first-order valence-corrected chi connectivity index (χ1v) is 6.57. The van der Waals surface area contributed by atoms with Gasteiger partial charge in [-0.2, -0.15) is 0 Å². The zero-order valence-corrected chi connectivity index (χ0v) is 11.6. The third-order valence-electron chi connectivity index (χ3n) is 4.60. The van der Waals surface area contributed by atoms with Crippen molar-refractivity contribution in [3.63, 3.8) is 0 Å². The highest BCUT2D eigenvalue weighted by Gasteiger charge is 2.52. The van der Waals surface area contributed by atoms with E-state index in [1.54, 1.807) is 0 Å². The molecule has 0 aromatic heterocycles. The Labute approximate surface area is 101 Å². The van der Waals surface area contributed by atoms with Crippen molar-refractivity contribution >= 4 is 0 Å². The van der Waals surface area contributed by atoms with Gasteiger partial charge in [0, 0.05) is 12.0 Å². The highest BCUT2D eigenvalue weighted by Crippen LogP contribution is 2.51. The molecule has 1 rings (SSSR count). The quantitative estimate of drug-likeness (QED) is 0.762. The number of aliphatic hydroxyl groups is 1. The Kier molecular flexibility index (Phi) is 3.76. The van der Waals surface area contributed by atoms with E-state index in [-0.39, 0.29) is 10.8 Å². The van der Waals surface area contributed by atoms with Crippen LogP contribution in [0.2, 0.25) is 0 Å². The molecule has 96 valence electrons. The van der Waals surface area contributed by atoms with Crippen molar-refractivity contribution in [3.05, 3.63) is 0 Å². The number of nitrogens with two attached hydrogens (primary N) is 1. The minimum absolute atomic E-state index is 0.154. The standard InChI is InChI=1S/C14H29NO/c1-12(2,3)11-8-6-7-9-14(11,16)13(4,5)10-15/h11,16H,6-10,15H2,1-5H3. The molecular formula is C14H29NO. The predicted molar refractivity (Wildman–Crippen MR) is 69.2 cm³/mol. The zero-order chi connectivity index (χ0) is 12.6. The lowest BCUT2D eigenvalue weighted by atomic mass is 9.55. The molecule has 0 aromatic rings. The Bertz CT molecular complexity index is 242. The van der Waals surface area contributed by atoms with Crippen molar-refractivity contribution in [2.24, 2.45) is 22.5 Å². The van der Waals surface area contributed by atoms with Crippen LogP contribution in [0.15, 0.2) is 0 Å². The summed E-state index contributed by atoms with van der Waals surface area (Å²) in [4.78, 5) is 0. The maximum Gasteiger partial charge on any atom is 0.0743 e. The monoisotopic (exact) mass is 227 g/mol. The second-order valence-electron chi connectivity index (χ2n) is 7.18. The minimum Gasteiger partial charge on any atom is -0.389 e. The van der Waals surface area contributed by atoms with Gasteiger partial charge in [-0.05, 0) is 24.2 Å². The van der Waals surface area contributed by atoms with Crippen LogP contribution in [0.1, 0.15) is 60.3 Å². The zero-order valence-electron chi connectivity index (χ0n) is 11.6. The van der Waals surface area contributed by atoms with Gasteiger partial charge < -0.3 is 10.8 Å². The van der Waals surface area contributed by atoms with Gasteiger partial charge in [-0.25, -0.2) is 0 Å². The summed E-state index contributed by atoms with van der Waals surface area (Å²) in [5.74, 6) is 0.354. The molecule has 2 heteroatoms. The molecule has 2 unspecified atom stereocenters. The normalized spacial score (nSPS) is 32.8. The largest absolute Gasteiger partial charge is 0.389 e. The summed E-state index contributed by atoms with van der Waals surface area (Å²) in [5.41, 5.74) is 5.23. The van der Waals surface area contributed by atoms with Crippen molar-refractivity contribution in [2.45, 2.75) is 65.9 Å². The summed E-state index contributed by atoms with van der Waals surface area (Å²) < 4.78 is 0. The third kappa shape index (κ3) is 2.28. The first-order chi connectivity index (χ1) is 7.15. The van der Waals surface area contributed by atoms with Crippen molar-refractivity contribution in [1.82, 2.24) is 0 Å². The fraction of sp³-hybridized carbons (Fsp3) is 1.00. The maximum absolute atomic E-state index is 11.1. The van der Waals surface area contributed by atoms with Gasteiger partial charge >= 0.3 is 0 Å². The minimum atomic E-state index is -0.599. The predicted octanol–water partition coefficient (Wildman–Crippen LogP) is 2.94. The van der Waals surface area contributed by atoms with E-state index >= 15 is 0 Å². The lowest BCUT2D eigenvalue weighted by Gasteiger charge is -2.54. The average molecular weight is 227 g/mol. The van der Waals surface area contributed by atoms with Gasteiger partial charge in [-0.15, -0.1) is 0 Å². The molecular weight excluding hydrogens is 198 g/mol. The van der Waals surface area contributed by atoms with E-state index in [9.17, 15) is 5.11 Å². The van der Waals surface area contributed by atoms with E-state index in [0.717, 1.165) is 19.3 Å². The van der Waals surface area contributed by atoms with Crippen LogP contribution in [0.3, 0.4) is 0 Å². The van der Waals surface area contributed by atoms with E-state index < -0.39 is 5.60 Å². The lowest BCUT2D eigenvalue weighted by Crippen LogP contribution is -2.58. The molecule has 16 heavy (non-hydrogen) atoms. The second-order valence-corrected chi connectivity index (χ2v) is 7.18. The highest BCUT2D eigenvalue weighted by molar-refractivity contribution is 5.04. The van der Waals surface area contributed by atoms with E-state index in [0.29, 0.717) is 12.5 Å². The van der Waals surface area contributed by atoms with Crippen molar-refractivity contribution in [2.75, 3.05) is 6.54 Å². The molecule has 2 nitrogen and oxygen atoms in total. The molecule has 0 spiro atoms. The molecule has 3 N–H and O–H groups in total. The first kappa shape index (κ1) is 14.0. The number of hydrogen-bond donors (Lipinski definition) is 2. The average Bonchev–Trinajstić information content (AvgIpc) is 2.16. The number of rotatable bonds is 2. The van der Waals surface area contributed by atoms with Crippen LogP contribution in [0, 0.1) is 16.7 Å². The van der Waals surface area contributed by atoms with Crippen LogP contribution in [0.25, 0.3) is 0 Å². The lowest BCUT2D eigenvalue weighted by molar-refractivity contribution is -0.159.